The van der Waals surface area contributed by atoms with E-state index in [9.17, 15) is 14.3 Å². The number of carbonyl (C=O) groups is 1. The van der Waals surface area contributed by atoms with Crippen molar-refractivity contribution in [1.29, 1.82) is 0 Å². The Morgan fingerprint density at radius 3 is 2.45 bits per heavy atom. The van der Waals surface area contributed by atoms with Gasteiger partial charge in [0.05, 0.1) is 18.7 Å². The molecular formula is C34H31FN4O3. The summed E-state index contributed by atoms with van der Waals surface area (Å²) in [6, 6.07) is 29.3. The number of nitrogens with one attached hydrogen (secondary N) is 1. The average molecular weight is 563 g/mol. The molecule has 2 N–H and O–H groups in total. The third-order valence-corrected chi connectivity index (χ3v) is 7.56. The Labute approximate surface area is 243 Å². The Morgan fingerprint density at radius 2 is 1.74 bits per heavy atom. The molecule has 0 unspecified atom stereocenters. The zero-order valence-corrected chi connectivity index (χ0v) is 23.2. The molecule has 0 saturated heterocycles. The van der Waals surface area contributed by atoms with Crippen LogP contribution in [0.3, 0.4) is 0 Å². The molecule has 0 saturated carbocycles. The maximum atomic E-state index is 14.8. The van der Waals surface area contributed by atoms with Gasteiger partial charge in [0.2, 0.25) is 0 Å². The molecule has 4 aromatic carbocycles. The fraction of sp³-hybridized carbons (Fsp3) is 0.176. The van der Waals surface area contributed by atoms with E-state index < -0.39 is 24.1 Å². The molecule has 0 aliphatic heterocycles. The van der Waals surface area contributed by atoms with Crippen LogP contribution in [0.15, 0.2) is 109 Å². The van der Waals surface area contributed by atoms with Crippen LogP contribution >= 0.6 is 0 Å². The monoisotopic (exact) mass is 562 g/mol. The Balaban J connectivity index is 1.17. The molecule has 0 spiro atoms. The topological polar surface area (TPSA) is 79.6 Å². The first-order valence-electron chi connectivity index (χ1n) is 14.0. The predicted octanol–water partition coefficient (Wildman–Crippen LogP) is 6.26. The van der Waals surface area contributed by atoms with E-state index in [4.69, 9.17) is 4.74 Å². The fourth-order valence-electron chi connectivity index (χ4n) is 5.46. The number of hydrogen-bond acceptors (Lipinski definition) is 5. The summed E-state index contributed by atoms with van der Waals surface area (Å²) in [4.78, 5) is 17.4. The van der Waals surface area contributed by atoms with Crippen molar-refractivity contribution in [3.63, 3.8) is 0 Å². The SMILES string of the molecule is CCN(Cc1ccc2c(c1)[C@@H](NC(=O)Oc1ccc(-c3ccccc3)cc1F)[C@H](O)C2)n1ccnc1-c1ccccc1. The van der Waals surface area contributed by atoms with Gasteiger partial charge in [0.25, 0.3) is 0 Å². The normalized spacial score (nSPS) is 15.7. The number of aliphatic hydroxyl groups excluding tert-OH is 1. The average Bonchev–Trinajstić information content (AvgIpc) is 3.62. The molecule has 0 radical (unpaired) electrons. The first kappa shape index (κ1) is 27.2. The van der Waals surface area contributed by atoms with E-state index in [1.165, 1.54) is 12.1 Å². The van der Waals surface area contributed by atoms with Crippen LogP contribution in [0.1, 0.15) is 29.7 Å². The molecule has 1 aliphatic rings. The maximum Gasteiger partial charge on any atom is 0.413 e. The van der Waals surface area contributed by atoms with Crippen molar-refractivity contribution in [2.45, 2.75) is 32.0 Å². The highest BCUT2D eigenvalue weighted by Gasteiger charge is 2.33. The van der Waals surface area contributed by atoms with E-state index in [1.54, 1.807) is 12.3 Å². The van der Waals surface area contributed by atoms with E-state index >= 15 is 0 Å². The molecule has 0 fully saturated rings. The number of aromatic nitrogens is 2. The van der Waals surface area contributed by atoms with Gasteiger partial charge in [-0.05, 0) is 46.9 Å². The third-order valence-electron chi connectivity index (χ3n) is 7.56. The number of fused-ring (bicyclic) bond motifs is 1. The van der Waals surface area contributed by atoms with Crippen molar-refractivity contribution in [2.75, 3.05) is 11.6 Å². The van der Waals surface area contributed by atoms with Crippen LogP contribution in [0.25, 0.3) is 22.5 Å². The highest BCUT2D eigenvalue weighted by atomic mass is 19.1. The quantitative estimate of drug-likeness (QED) is 0.233. The highest BCUT2D eigenvalue weighted by Crippen LogP contribution is 2.33. The van der Waals surface area contributed by atoms with Gasteiger partial charge in [0, 0.05) is 30.9 Å². The van der Waals surface area contributed by atoms with Crippen molar-refractivity contribution in [2.24, 2.45) is 0 Å². The van der Waals surface area contributed by atoms with Gasteiger partial charge in [-0.3, -0.25) is 0 Å². The van der Waals surface area contributed by atoms with E-state index in [0.717, 1.165) is 40.2 Å². The molecule has 1 heterocycles. The molecule has 42 heavy (non-hydrogen) atoms. The van der Waals surface area contributed by atoms with Gasteiger partial charge in [-0.1, -0.05) is 84.9 Å². The number of aliphatic hydroxyl groups is 1. The first-order chi connectivity index (χ1) is 20.5. The Kier molecular flexibility index (Phi) is 7.70. The first-order valence-corrected chi connectivity index (χ1v) is 14.0. The molecule has 0 bridgehead atoms. The van der Waals surface area contributed by atoms with E-state index in [1.807, 2.05) is 89.7 Å². The molecule has 1 aliphatic carbocycles. The summed E-state index contributed by atoms with van der Waals surface area (Å²) < 4.78 is 22.2. The number of rotatable bonds is 8. The van der Waals surface area contributed by atoms with Gasteiger partial charge in [0.1, 0.15) is 0 Å². The summed E-state index contributed by atoms with van der Waals surface area (Å²) in [5, 5.41) is 15.7. The van der Waals surface area contributed by atoms with Crippen molar-refractivity contribution in [1.82, 2.24) is 15.0 Å². The minimum atomic E-state index is -0.829. The molecular weight excluding hydrogens is 531 g/mol. The number of nitrogens with zero attached hydrogens (tertiary/aromatic N) is 3. The number of hydrogen-bond donors (Lipinski definition) is 2. The smallest absolute Gasteiger partial charge is 0.407 e. The number of benzene rings is 4. The van der Waals surface area contributed by atoms with Crippen LogP contribution in [-0.4, -0.2) is 33.5 Å². The molecule has 5 aromatic rings. The van der Waals surface area contributed by atoms with Gasteiger partial charge < -0.3 is 20.2 Å². The molecule has 6 rings (SSSR count). The number of imidazole rings is 1. The lowest BCUT2D eigenvalue weighted by atomic mass is 10.0. The Morgan fingerprint density at radius 1 is 1.00 bits per heavy atom. The number of carbonyl (C=O) groups excluding carboxylic acids is 1. The lowest BCUT2D eigenvalue weighted by Gasteiger charge is -2.26. The van der Waals surface area contributed by atoms with Gasteiger partial charge >= 0.3 is 6.09 Å². The molecule has 8 heteroatoms. The number of amides is 1. The van der Waals surface area contributed by atoms with Crippen LogP contribution in [0.2, 0.25) is 0 Å². The lowest BCUT2D eigenvalue weighted by Crippen LogP contribution is -2.36. The van der Waals surface area contributed by atoms with Crippen LogP contribution < -0.4 is 15.1 Å². The lowest BCUT2D eigenvalue weighted by molar-refractivity contribution is 0.133. The van der Waals surface area contributed by atoms with Crippen molar-refractivity contribution >= 4 is 6.09 Å². The Bertz CT molecular complexity index is 1690. The number of halogens is 1. The summed E-state index contributed by atoms with van der Waals surface area (Å²) in [6.07, 6.45) is 2.47. The van der Waals surface area contributed by atoms with Crippen LogP contribution in [0.4, 0.5) is 9.18 Å². The molecule has 1 aromatic heterocycles. The van der Waals surface area contributed by atoms with Crippen LogP contribution in [-0.2, 0) is 13.0 Å². The largest absolute Gasteiger partial charge is 0.413 e. The zero-order valence-electron chi connectivity index (χ0n) is 23.2. The molecule has 212 valence electrons. The predicted molar refractivity (Wildman–Crippen MR) is 160 cm³/mol. The van der Waals surface area contributed by atoms with E-state index in [-0.39, 0.29) is 5.75 Å². The van der Waals surface area contributed by atoms with E-state index in [0.29, 0.717) is 18.5 Å². The van der Waals surface area contributed by atoms with Gasteiger partial charge in [-0.15, -0.1) is 0 Å². The highest BCUT2D eigenvalue weighted by molar-refractivity contribution is 5.72. The second kappa shape index (κ2) is 11.9. The minimum absolute atomic E-state index is 0.179. The van der Waals surface area contributed by atoms with Crippen molar-refractivity contribution in [3.8, 4) is 28.3 Å². The van der Waals surface area contributed by atoms with E-state index in [2.05, 4.69) is 22.2 Å². The summed E-state index contributed by atoms with van der Waals surface area (Å²) in [5.74, 6) is 0.0253. The number of ether oxygens (including phenoxy) is 1. The van der Waals surface area contributed by atoms with Gasteiger partial charge in [0.15, 0.2) is 17.4 Å². The molecule has 7 nitrogen and oxygen atoms in total. The maximum absolute atomic E-state index is 14.8. The Hall–Kier alpha value is -4.95. The van der Waals surface area contributed by atoms with Gasteiger partial charge in [-0.25, -0.2) is 18.8 Å². The minimum Gasteiger partial charge on any atom is -0.407 e. The second-order valence-corrected chi connectivity index (χ2v) is 10.3. The summed E-state index contributed by atoms with van der Waals surface area (Å²) >= 11 is 0. The van der Waals surface area contributed by atoms with Crippen molar-refractivity contribution in [3.05, 3.63) is 132 Å². The molecule has 2 atom stereocenters. The third kappa shape index (κ3) is 5.62. The van der Waals surface area contributed by atoms with Crippen LogP contribution in [0, 0.1) is 5.82 Å². The van der Waals surface area contributed by atoms with Crippen molar-refractivity contribution < 1.29 is 19.0 Å². The molecule has 1 amide bonds. The zero-order chi connectivity index (χ0) is 29.1. The van der Waals surface area contributed by atoms with Gasteiger partial charge in [-0.2, -0.15) is 0 Å². The summed E-state index contributed by atoms with van der Waals surface area (Å²) in [7, 11) is 0. The van der Waals surface area contributed by atoms with Crippen LogP contribution in [0.5, 0.6) is 5.75 Å². The second-order valence-electron chi connectivity index (χ2n) is 10.3. The fourth-order valence-corrected chi connectivity index (χ4v) is 5.46. The standard InChI is InChI=1S/C34H31FN4O3/c1-2-38(39-18-17-36-33(39)25-11-7-4-8-12-25)22-23-13-14-27-21-30(40)32(28(27)19-23)37-34(41)42-31-16-15-26(20-29(31)35)24-9-5-3-6-10-24/h3-20,30,32,40H,2,21-22H2,1H3,(H,37,41)/t30-,32-/m1/s1. The summed E-state index contributed by atoms with van der Waals surface area (Å²) in [6.45, 7) is 3.41. The summed E-state index contributed by atoms with van der Waals surface area (Å²) in [5.41, 5.74) is 5.35.